The molecule has 0 saturated carbocycles. The Balaban J connectivity index is 3.98. The van der Waals surface area contributed by atoms with Gasteiger partial charge in [-0.05, 0) is 5.92 Å². The number of hydrogen-bond donors (Lipinski definition) is 3. The molecular weight excluding hydrogens is 240 g/mol. The molecule has 0 heterocycles. The molecule has 2 unspecified atom stereocenters. The van der Waals surface area contributed by atoms with Crippen molar-refractivity contribution in [2.75, 3.05) is 34.0 Å². The molecule has 0 aliphatic carbocycles. The second kappa shape index (κ2) is 9.67. The summed E-state index contributed by atoms with van der Waals surface area (Å²) in [5, 5.41) is 13.9. The van der Waals surface area contributed by atoms with E-state index in [4.69, 9.17) is 14.6 Å². The van der Waals surface area contributed by atoms with Gasteiger partial charge in [-0.15, -0.1) is 0 Å². The van der Waals surface area contributed by atoms with Crippen LogP contribution in [-0.4, -0.2) is 57.1 Å². The Labute approximate surface area is 107 Å². The van der Waals surface area contributed by atoms with Crippen LogP contribution in [0.15, 0.2) is 0 Å². The molecule has 0 spiro atoms. The lowest BCUT2D eigenvalue weighted by Gasteiger charge is -2.16. The van der Waals surface area contributed by atoms with Gasteiger partial charge in [-0.25, -0.2) is 9.59 Å². The normalized spacial score (nSPS) is 13.7. The quantitative estimate of drug-likeness (QED) is 0.546. The van der Waals surface area contributed by atoms with E-state index in [-0.39, 0.29) is 18.9 Å². The summed E-state index contributed by atoms with van der Waals surface area (Å²) in [6, 6.07) is -1.44. The van der Waals surface area contributed by atoms with Gasteiger partial charge in [-0.2, -0.15) is 0 Å². The van der Waals surface area contributed by atoms with Crippen LogP contribution in [0.4, 0.5) is 4.79 Å². The molecule has 0 aliphatic rings. The molecule has 0 radical (unpaired) electrons. The average Bonchev–Trinajstić information content (AvgIpc) is 2.32. The van der Waals surface area contributed by atoms with Crippen molar-refractivity contribution < 1.29 is 24.2 Å². The number of carboxylic acids is 1. The van der Waals surface area contributed by atoms with E-state index >= 15 is 0 Å². The Morgan fingerprint density at radius 3 is 2.44 bits per heavy atom. The second-order valence-corrected chi connectivity index (χ2v) is 4.09. The summed E-state index contributed by atoms with van der Waals surface area (Å²) in [5.74, 6) is -0.907. The van der Waals surface area contributed by atoms with Gasteiger partial charge in [-0.1, -0.05) is 6.92 Å². The van der Waals surface area contributed by atoms with Crippen molar-refractivity contribution in [2.24, 2.45) is 5.92 Å². The highest BCUT2D eigenvalue weighted by atomic mass is 16.5. The molecule has 2 atom stereocenters. The largest absolute Gasteiger partial charge is 0.480 e. The third kappa shape index (κ3) is 7.86. The predicted octanol–water partition coefficient (Wildman–Crippen LogP) is 0.0578. The molecule has 0 fully saturated rings. The van der Waals surface area contributed by atoms with Crippen molar-refractivity contribution in [3.05, 3.63) is 0 Å². The minimum Gasteiger partial charge on any atom is -0.480 e. The maximum atomic E-state index is 11.5. The Morgan fingerprint density at radius 1 is 1.28 bits per heavy atom. The zero-order valence-electron chi connectivity index (χ0n) is 11.1. The summed E-state index contributed by atoms with van der Waals surface area (Å²) < 4.78 is 9.71. The van der Waals surface area contributed by atoms with Gasteiger partial charge in [-0.3, -0.25) is 0 Å². The predicted molar refractivity (Wildman–Crippen MR) is 65.5 cm³/mol. The van der Waals surface area contributed by atoms with Crippen LogP contribution in [0, 0.1) is 5.92 Å². The highest BCUT2D eigenvalue weighted by Crippen LogP contribution is 1.95. The van der Waals surface area contributed by atoms with Crippen LogP contribution in [0.3, 0.4) is 0 Å². The molecule has 0 aromatic rings. The van der Waals surface area contributed by atoms with Gasteiger partial charge in [0.05, 0.1) is 6.61 Å². The van der Waals surface area contributed by atoms with Crippen LogP contribution >= 0.6 is 0 Å². The van der Waals surface area contributed by atoms with E-state index < -0.39 is 18.0 Å². The molecule has 106 valence electrons. The van der Waals surface area contributed by atoms with Gasteiger partial charge < -0.3 is 25.2 Å². The van der Waals surface area contributed by atoms with Crippen LogP contribution in [0.25, 0.3) is 0 Å². The zero-order valence-corrected chi connectivity index (χ0v) is 11.1. The molecule has 0 aromatic heterocycles. The summed E-state index contributed by atoms with van der Waals surface area (Å²) in [6.07, 6.45) is 0.229. The number of aliphatic carboxylic acids is 1. The summed E-state index contributed by atoms with van der Waals surface area (Å²) >= 11 is 0. The minimum absolute atomic E-state index is 0.169. The van der Waals surface area contributed by atoms with Crippen molar-refractivity contribution in [1.82, 2.24) is 10.6 Å². The summed E-state index contributed by atoms with van der Waals surface area (Å²) in [7, 11) is 3.06. The van der Waals surface area contributed by atoms with E-state index in [0.29, 0.717) is 13.2 Å². The van der Waals surface area contributed by atoms with E-state index in [1.54, 1.807) is 7.11 Å². The molecule has 7 heteroatoms. The Bertz CT molecular complexity index is 260. The van der Waals surface area contributed by atoms with Crippen molar-refractivity contribution in [1.29, 1.82) is 0 Å². The SMILES string of the molecule is COCCC(NC(=O)NCC(C)COC)C(=O)O. The Morgan fingerprint density at radius 2 is 1.94 bits per heavy atom. The van der Waals surface area contributed by atoms with Crippen LogP contribution in [-0.2, 0) is 14.3 Å². The highest BCUT2D eigenvalue weighted by Gasteiger charge is 2.19. The Kier molecular flexibility index (Phi) is 8.95. The van der Waals surface area contributed by atoms with Crippen molar-refractivity contribution in [3.8, 4) is 0 Å². The summed E-state index contributed by atoms with van der Waals surface area (Å²) in [5.41, 5.74) is 0. The fraction of sp³-hybridized carbons (Fsp3) is 0.818. The van der Waals surface area contributed by atoms with Gasteiger partial charge in [0.2, 0.25) is 0 Å². The second-order valence-electron chi connectivity index (χ2n) is 4.09. The number of carboxylic acid groups (broad SMARTS) is 1. The van der Waals surface area contributed by atoms with E-state index in [1.807, 2.05) is 6.92 Å². The molecular formula is C11H22N2O5. The molecule has 0 bridgehead atoms. The van der Waals surface area contributed by atoms with E-state index in [0.717, 1.165) is 0 Å². The van der Waals surface area contributed by atoms with Gasteiger partial charge >= 0.3 is 12.0 Å². The molecule has 7 nitrogen and oxygen atoms in total. The number of methoxy groups -OCH3 is 2. The minimum atomic E-state index is -1.08. The fourth-order valence-corrected chi connectivity index (χ4v) is 1.31. The average molecular weight is 262 g/mol. The third-order valence-corrected chi connectivity index (χ3v) is 2.28. The van der Waals surface area contributed by atoms with Crippen molar-refractivity contribution >= 4 is 12.0 Å². The number of nitrogens with one attached hydrogen (secondary N) is 2. The maximum absolute atomic E-state index is 11.5. The monoisotopic (exact) mass is 262 g/mol. The lowest BCUT2D eigenvalue weighted by molar-refractivity contribution is -0.139. The van der Waals surface area contributed by atoms with Gasteiger partial charge in [0.15, 0.2) is 0 Å². The van der Waals surface area contributed by atoms with E-state index in [2.05, 4.69) is 10.6 Å². The first kappa shape index (κ1) is 16.7. The highest BCUT2D eigenvalue weighted by molar-refractivity contribution is 5.82. The molecule has 0 saturated heterocycles. The number of amides is 2. The lowest BCUT2D eigenvalue weighted by Crippen LogP contribution is -2.47. The number of rotatable bonds is 9. The first-order chi connectivity index (χ1) is 8.51. The van der Waals surface area contributed by atoms with Crippen LogP contribution in [0.1, 0.15) is 13.3 Å². The first-order valence-corrected chi connectivity index (χ1v) is 5.76. The van der Waals surface area contributed by atoms with Crippen LogP contribution in [0.5, 0.6) is 0 Å². The van der Waals surface area contributed by atoms with Gasteiger partial charge in [0, 0.05) is 33.8 Å². The first-order valence-electron chi connectivity index (χ1n) is 5.76. The topological polar surface area (TPSA) is 96.9 Å². The van der Waals surface area contributed by atoms with E-state index in [1.165, 1.54) is 7.11 Å². The third-order valence-electron chi connectivity index (χ3n) is 2.28. The van der Waals surface area contributed by atoms with Crippen LogP contribution < -0.4 is 10.6 Å². The van der Waals surface area contributed by atoms with Crippen molar-refractivity contribution in [3.63, 3.8) is 0 Å². The van der Waals surface area contributed by atoms with Crippen LogP contribution in [0.2, 0.25) is 0 Å². The molecule has 3 N–H and O–H groups in total. The Hall–Kier alpha value is -1.34. The lowest BCUT2D eigenvalue weighted by atomic mass is 10.2. The number of hydrogen-bond acceptors (Lipinski definition) is 4. The van der Waals surface area contributed by atoms with E-state index in [9.17, 15) is 9.59 Å². The number of carbonyl (C=O) groups is 2. The molecule has 0 aliphatic heterocycles. The number of carbonyl (C=O) groups excluding carboxylic acids is 1. The maximum Gasteiger partial charge on any atom is 0.326 e. The molecule has 18 heavy (non-hydrogen) atoms. The molecule has 0 rings (SSSR count). The number of urea groups is 1. The summed E-state index contributed by atoms with van der Waals surface area (Å²) in [4.78, 5) is 22.3. The molecule has 2 amide bonds. The van der Waals surface area contributed by atoms with Crippen molar-refractivity contribution in [2.45, 2.75) is 19.4 Å². The van der Waals surface area contributed by atoms with Gasteiger partial charge in [0.1, 0.15) is 6.04 Å². The molecule has 0 aromatic carbocycles. The van der Waals surface area contributed by atoms with Gasteiger partial charge in [0.25, 0.3) is 0 Å². The fourth-order valence-electron chi connectivity index (χ4n) is 1.31. The standard InChI is InChI=1S/C11H22N2O5/c1-8(7-18-3)6-12-11(16)13-9(10(14)15)4-5-17-2/h8-9H,4-7H2,1-3H3,(H,14,15)(H2,12,13,16). The smallest absolute Gasteiger partial charge is 0.326 e. The number of ether oxygens (including phenoxy) is 2. The zero-order chi connectivity index (χ0) is 14.0. The summed E-state index contributed by atoms with van der Waals surface area (Å²) in [6.45, 7) is 3.16.